The summed E-state index contributed by atoms with van der Waals surface area (Å²) in [6.45, 7) is 5.95. The maximum atomic E-state index is 13.2. The molecule has 26 heavy (non-hydrogen) atoms. The Balaban J connectivity index is 1.60. The van der Waals surface area contributed by atoms with Gasteiger partial charge in [0, 0.05) is 35.7 Å². The van der Waals surface area contributed by atoms with E-state index in [9.17, 15) is 4.39 Å². The summed E-state index contributed by atoms with van der Waals surface area (Å²) >= 11 is 0. The number of aryl methyl sites for hydroxylation is 2. The van der Waals surface area contributed by atoms with Gasteiger partial charge in [0.25, 0.3) is 0 Å². The summed E-state index contributed by atoms with van der Waals surface area (Å²) in [4.78, 5) is 2.47. The van der Waals surface area contributed by atoms with Crippen molar-refractivity contribution in [3.05, 3.63) is 58.9 Å². The summed E-state index contributed by atoms with van der Waals surface area (Å²) in [6, 6.07) is 6.85. The molecule has 0 aliphatic carbocycles. The third-order valence-corrected chi connectivity index (χ3v) is 5.23. The molecule has 1 aliphatic rings. The van der Waals surface area contributed by atoms with E-state index in [0.29, 0.717) is 6.04 Å². The van der Waals surface area contributed by atoms with Gasteiger partial charge in [-0.3, -0.25) is 10.00 Å². The number of H-pyrrole nitrogens is 1. The van der Waals surface area contributed by atoms with Gasteiger partial charge < -0.3 is 4.52 Å². The van der Waals surface area contributed by atoms with Crippen molar-refractivity contribution in [2.45, 2.75) is 45.7 Å². The number of nitrogens with zero attached hydrogens (tertiary/aromatic N) is 3. The van der Waals surface area contributed by atoms with Crippen LogP contribution in [0, 0.1) is 12.7 Å². The average Bonchev–Trinajstić information content (AvgIpc) is 3.36. The molecule has 1 unspecified atom stereocenters. The predicted octanol–water partition coefficient (Wildman–Crippen LogP) is 4.41. The predicted molar refractivity (Wildman–Crippen MR) is 97.0 cm³/mol. The number of aromatic amines is 1. The molecule has 0 saturated carbocycles. The number of nitrogens with one attached hydrogen (secondary N) is 1. The number of hydrogen-bond donors (Lipinski definition) is 1. The first-order valence-corrected chi connectivity index (χ1v) is 9.14. The summed E-state index contributed by atoms with van der Waals surface area (Å²) in [7, 11) is 0. The van der Waals surface area contributed by atoms with Gasteiger partial charge in [0.1, 0.15) is 11.6 Å². The van der Waals surface area contributed by atoms with Crippen LogP contribution in [0.25, 0.3) is 11.3 Å². The van der Waals surface area contributed by atoms with E-state index in [-0.39, 0.29) is 5.82 Å². The molecule has 6 heteroatoms. The molecule has 1 N–H and O–H groups in total. The van der Waals surface area contributed by atoms with Gasteiger partial charge in [-0.1, -0.05) is 12.1 Å². The lowest BCUT2D eigenvalue weighted by Crippen LogP contribution is -2.23. The maximum absolute atomic E-state index is 13.2. The fourth-order valence-electron chi connectivity index (χ4n) is 3.96. The van der Waals surface area contributed by atoms with Gasteiger partial charge in [-0.15, -0.1) is 0 Å². The van der Waals surface area contributed by atoms with Crippen LogP contribution in [0.5, 0.6) is 0 Å². The molecule has 1 saturated heterocycles. The summed E-state index contributed by atoms with van der Waals surface area (Å²) in [5, 5.41) is 11.5. The quantitative estimate of drug-likeness (QED) is 0.737. The van der Waals surface area contributed by atoms with Gasteiger partial charge in [-0.05, 0) is 50.6 Å². The van der Waals surface area contributed by atoms with Gasteiger partial charge in [0.15, 0.2) is 0 Å². The van der Waals surface area contributed by atoms with Crippen LogP contribution in [0.3, 0.4) is 0 Å². The lowest BCUT2D eigenvalue weighted by Gasteiger charge is -2.24. The molecule has 1 fully saturated rings. The Hall–Kier alpha value is -2.47. The van der Waals surface area contributed by atoms with Gasteiger partial charge in [0.05, 0.1) is 17.6 Å². The fraction of sp³-hybridized carbons (Fsp3) is 0.400. The SMILES string of the molecule is CCc1onc(C)c1C1CCCN1Cc1cn[nH]c1-c1ccc(F)cc1. The van der Waals surface area contributed by atoms with Crippen LogP contribution in [0.1, 0.15) is 48.4 Å². The molecule has 5 nitrogen and oxygen atoms in total. The van der Waals surface area contributed by atoms with Crippen LogP contribution in [0.2, 0.25) is 0 Å². The molecule has 3 aromatic rings. The second-order valence-corrected chi connectivity index (χ2v) is 6.86. The molecule has 2 aromatic heterocycles. The Morgan fingerprint density at radius 2 is 2.12 bits per heavy atom. The van der Waals surface area contributed by atoms with E-state index in [1.807, 2.05) is 13.1 Å². The molecular weight excluding hydrogens is 331 g/mol. The van der Waals surface area contributed by atoms with Crippen molar-refractivity contribution in [1.82, 2.24) is 20.3 Å². The summed E-state index contributed by atoms with van der Waals surface area (Å²) in [5.74, 6) is 0.759. The zero-order valence-electron chi connectivity index (χ0n) is 15.1. The van der Waals surface area contributed by atoms with Crippen LogP contribution in [-0.4, -0.2) is 26.8 Å². The number of aromatic nitrogens is 3. The second kappa shape index (κ2) is 7.03. The molecule has 0 bridgehead atoms. The second-order valence-electron chi connectivity index (χ2n) is 6.86. The zero-order valence-corrected chi connectivity index (χ0v) is 15.1. The van der Waals surface area contributed by atoms with Crippen LogP contribution in [-0.2, 0) is 13.0 Å². The van der Waals surface area contributed by atoms with E-state index in [4.69, 9.17) is 4.52 Å². The highest BCUT2D eigenvalue weighted by atomic mass is 19.1. The van der Waals surface area contributed by atoms with Crippen molar-refractivity contribution in [2.24, 2.45) is 0 Å². The number of rotatable bonds is 5. The highest BCUT2D eigenvalue weighted by Crippen LogP contribution is 2.37. The van der Waals surface area contributed by atoms with E-state index in [0.717, 1.165) is 60.6 Å². The molecule has 0 radical (unpaired) electrons. The Bertz CT molecular complexity index is 884. The smallest absolute Gasteiger partial charge is 0.141 e. The number of hydrogen-bond acceptors (Lipinski definition) is 4. The molecular formula is C20H23FN4O. The number of benzene rings is 1. The Kier molecular flexibility index (Phi) is 4.59. The Morgan fingerprint density at radius 1 is 1.31 bits per heavy atom. The molecule has 0 spiro atoms. The van der Waals surface area contributed by atoms with Gasteiger partial charge in [-0.25, -0.2) is 4.39 Å². The van der Waals surface area contributed by atoms with E-state index in [1.165, 1.54) is 17.7 Å². The van der Waals surface area contributed by atoms with Gasteiger partial charge in [0.2, 0.25) is 0 Å². The average molecular weight is 354 g/mol. The standard InChI is InChI=1S/C20H23FN4O/c1-3-18-19(13(2)24-26-18)17-5-4-10-25(17)12-15-11-22-23-20(15)14-6-8-16(21)9-7-14/h6-9,11,17H,3-5,10,12H2,1-2H3,(H,22,23). The minimum atomic E-state index is -0.232. The normalized spacial score (nSPS) is 17.9. The van der Waals surface area contributed by atoms with Crippen molar-refractivity contribution in [2.75, 3.05) is 6.54 Å². The van der Waals surface area contributed by atoms with Crippen LogP contribution in [0.4, 0.5) is 4.39 Å². The summed E-state index contributed by atoms with van der Waals surface area (Å²) in [5.41, 5.74) is 5.26. The first kappa shape index (κ1) is 17.0. The Labute approximate surface area is 152 Å². The molecule has 1 aromatic carbocycles. The number of halogens is 1. The fourth-order valence-corrected chi connectivity index (χ4v) is 3.96. The molecule has 136 valence electrons. The molecule has 1 atom stereocenters. The van der Waals surface area contributed by atoms with Crippen molar-refractivity contribution < 1.29 is 8.91 Å². The third-order valence-electron chi connectivity index (χ3n) is 5.23. The van der Waals surface area contributed by atoms with Gasteiger partial charge in [-0.2, -0.15) is 5.10 Å². The maximum Gasteiger partial charge on any atom is 0.141 e. The van der Waals surface area contributed by atoms with E-state index in [2.05, 4.69) is 27.2 Å². The number of likely N-dealkylation sites (tertiary alicyclic amines) is 1. The van der Waals surface area contributed by atoms with Crippen molar-refractivity contribution >= 4 is 0 Å². The van der Waals surface area contributed by atoms with E-state index >= 15 is 0 Å². The highest BCUT2D eigenvalue weighted by Gasteiger charge is 2.31. The molecule has 3 heterocycles. The van der Waals surface area contributed by atoms with Crippen molar-refractivity contribution in [3.63, 3.8) is 0 Å². The molecule has 1 aliphatic heterocycles. The highest BCUT2D eigenvalue weighted by molar-refractivity contribution is 5.62. The van der Waals surface area contributed by atoms with Crippen LogP contribution >= 0.6 is 0 Å². The van der Waals surface area contributed by atoms with Crippen LogP contribution in [0.15, 0.2) is 35.0 Å². The van der Waals surface area contributed by atoms with E-state index < -0.39 is 0 Å². The zero-order chi connectivity index (χ0) is 18.1. The monoisotopic (exact) mass is 354 g/mol. The summed E-state index contributed by atoms with van der Waals surface area (Å²) in [6.07, 6.45) is 4.99. The first-order valence-electron chi connectivity index (χ1n) is 9.14. The van der Waals surface area contributed by atoms with Gasteiger partial charge >= 0.3 is 0 Å². The molecule has 0 amide bonds. The van der Waals surface area contributed by atoms with Crippen molar-refractivity contribution in [3.8, 4) is 11.3 Å². The van der Waals surface area contributed by atoms with Crippen LogP contribution < -0.4 is 0 Å². The summed E-state index contributed by atoms with van der Waals surface area (Å²) < 4.78 is 18.7. The van der Waals surface area contributed by atoms with Crippen molar-refractivity contribution in [1.29, 1.82) is 0 Å². The third kappa shape index (κ3) is 3.05. The minimum Gasteiger partial charge on any atom is -0.361 e. The molecule has 4 rings (SSSR count). The lowest BCUT2D eigenvalue weighted by atomic mass is 10.0. The topological polar surface area (TPSA) is 58.0 Å². The van der Waals surface area contributed by atoms with E-state index in [1.54, 1.807) is 12.1 Å². The lowest BCUT2D eigenvalue weighted by molar-refractivity contribution is 0.245. The largest absolute Gasteiger partial charge is 0.361 e. The Morgan fingerprint density at radius 3 is 2.88 bits per heavy atom. The minimum absolute atomic E-state index is 0.232. The first-order chi connectivity index (χ1) is 12.7.